The molecule has 0 saturated heterocycles. The molecule has 0 aromatic heterocycles. The quantitative estimate of drug-likeness (QED) is 0.717. The van der Waals surface area contributed by atoms with Gasteiger partial charge in [0.25, 0.3) is 10.0 Å². The van der Waals surface area contributed by atoms with E-state index in [1.165, 1.54) is 6.07 Å². The third kappa shape index (κ3) is 2.91. The Balaban J connectivity index is 1.72. The first-order valence-electron chi connectivity index (χ1n) is 8.66. The monoisotopic (exact) mass is 399 g/mol. The minimum atomic E-state index is -4.01. The van der Waals surface area contributed by atoms with Crippen molar-refractivity contribution in [3.05, 3.63) is 76.8 Å². The summed E-state index contributed by atoms with van der Waals surface area (Å²) in [5.74, 6) is -0.531. The Morgan fingerprint density at radius 1 is 1.04 bits per heavy atom. The molecule has 0 spiro atoms. The molecule has 1 aliphatic rings. The molecule has 4 nitrogen and oxygen atoms in total. The molecule has 3 aromatic rings. The molecular weight excluding hydrogens is 382 g/mol. The molecule has 1 atom stereocenters. The fraction of sp³-hybridized carbons (Fsp3) is 0.190. The van der Waals surface area contributed by atoms with Gasteiger partial charge in [0, 0.05) is 10.4 Å². The second-order valence-corrected chi connectivity index (χ2v) is 9.07. The van der Waals surface area contributed by atoms with Gasteiger partial charge in [-0.15, -0.1) is 0 Å². The number of amides is 1. The highest BCUT2D eigenvalue weighted by Crippen LogP contribution is 2.42. The lowest BCUT2D eigenvalue weighted by Gasteiger charge is -2.24. The van der Waals surface area contributed by atoms with Crippen LogP contribution in [0.15, 0.2) is 65.6 Å². The van der Waals surface area contributed by atoms with E-state index in [1.54, 1.807) is 37.3 Å². The van der Waals surface area contributed by atoms with E-state index >= 15 is 0 Å². The zero-order chi connectivity index (χ0) is 19.2. The van der Waals surface area contributed by atoms with Gasteiger partial charge < -0.3 is 0 Å². The van der Waals surface area contributed by atoms with Gasteiger partial charge in [0.15, 0.2) is 0 Å². The lowest BCUT2D eigenvalue weighted by Crippen LogP contribution is -2.43. The van der Waals surface area contributed by atoms with Crippen LogP contribution in [0, 0.1) is 0 Å². The van der Waals surface area contributed by atoms with Crippen molar-refractivity contribution in [1.29, 1.82) is 0 Å². The van der Waals surface area contributed by atoms with E-state index in [-0.39, 0.29) is 4.90 Å². The lowest BCUT2D eigenvalue weighted by molar-refractivity contribution is -0.124. The van der Waals surface area contributed by atoms with Crippen molar-refractivity contribution in [2.24, 2.45) is 0 Å². The Hall–Kier alpha value is -2.37. The van der Waals surface area contributed by atoms with Crippen LogP contribution in [0.5, 0.6) is 0 Å². The van der Waals surface area contributed by atoms with Crippen molar-refractivity contribution >= 4 is 38.3 Å². The molecule has 0 aliphatic heterocycles. The number of rotatable bonds is 3. The molecule has 6 heteroatoms. The second kappa shape index (κ2) is 6.36. The van der Waals surface area contributed by atoms with Crippen molar-refractivity contribution in [1.82, 2.24) is 4.72 Å². The normalized spacial score (nSPS) is 19.0. The number of hydrogen-bond donors (Lipinski definition) is 1. The number of carbonyl (C=O) groups is 1. The molecule has 3 aromatic carbocycles. The van der Waals surface area contributed by atoms with Gasteiger partial charge in [-0.25, -0.2) is 13.1 Å². The van der Waals surface area contributed by atoms with E-state index in [9.17, 15) is 13.2 Å². The Labute approximate surface area is 163 Å². The Kier molecular flexibility index (Phi) is 4.24. The minimum absolute atomic E-state index is 0.0989. The summed E-state index contributed by atoms with van der Waals surface area (Å²) >= 11 is 6.25. The first kappa shape index (κ1) is 18.0. The summed E-state index contributed by atoms with van der Waals surface area (Å²) < 4.78 is 28.3. The Bertz CT molecular complexity index is 1170. The number of halogens is 1. The topological polar surface area (TPSA) is 63.2 Å². The number of nitrogens with one attached hydrogen (secondary N) is 1. The zero-order valence-corrected chi connectivity index (χ0v) is 16.3. The highest BCUT2D eigenvalue weighted by Gasteiger charge is 2.43. The first-order valence-corrected chi connectivity index (χ1v) is 10.5. The van der Waals surface area contributed by atoms with Crippen LogP contribution in [0.25, 0.3) is 10.8 Å². The molecule has 1 N–H and O–H groups in total. The maximum absolute atomic E-state index is 13.0. The number of carbonyl (C=O) groups excluding carboxylic acids is 1. The summed E-state index contributed by atoms with van der Waals surface area (Å²) in [5, 5.41) is 2.00. The van der Waals surface area contributed by atoms with Crippen LogP contribution >= 0.6 is 11.6 Å². The van der Waals surface area contributed by atoms with E-state index in [1.807, 2.05) is 24.3 Å². The average Bonchev–Trinajstić information content (AvgIpc) is 3.01. The van der Waals surface area contributed by atoms with Crippen LogP contribution in [0.2, 0.25) is 5.02 Å². The standard InChI is InChI=1S/C21H18ClNO3S/c1-21(13-12-16-17(21)9-5-10-18(16)22)20(24)23-27(25,26)19-11-4-7-14-6-2-3-8-15(14)19/h2-11H,12-13H2,1H3,(H,23,24). The maximum atomic E-state index is 13.0. The van der Waals surface area contributed by atoms with Gasteiger partial charge in [-0.2, -0.15) is 0 Å². The predicted octanol–water partition coefficient (Wildman–Crippen LogP) is 4.20. The van der Waals surface area contributed by atoms with Crippen LogP contribution in [0.4, 0.5) is 0 Å². The predicted molar refractivity (Wildman–Crippen MR) is 106 cm³/mol. The van der Waals surface area contributed by atoms with Crippen molar-refractivity contribution < 1.29 is 13.2 Å². The fourth-order valence-corrected chi connectivity index (χ4v) is 5.38. The minimum Gasteiger partial charge on any atom is -0.273 e. The summed E-state index contributed by atoms with van der Waals surface area (Å²) in [5.41, 5.74) is 0.776. The molecular formula is C21H18ClNO3S. The smallest absolute Gasteiger partial charge is 0.264 e. The second-order valence-electron chi connectivity index (χ2n) is 7.01. The lowest BCUT2D eigenvalue weighted by atomic mass is 9.83. The number of benzene rings is 3. The van der Waals surface area contributed by atoms with E-state index in [4.69, 9.17) is 11.6 Å². The van der Waals surface area contributed by atoms with E-state index in [0.717, 1.165) is 16.5 Å². The van der Waals surface area contributed by atoms with Gasteiger partial charge in [0.05, 0.1) is 10.3 Å². The molecule has 0 radical (unpaired) electrons. The molecule has 4 rings (SSSR count). The number of sulfonamides is 1. The van der Waals surface area contributed by atoms with Crippen molar-refractivity contribution in [3.8, 4) is 0 Å². The molecule has 0 heterocycles. The highest BCUT2D eigenvalue weighted by atomic mass is 35.5. The summed E-state index contributed by atoms with van der Waals surface area (Å²) in [4.78, 5) is 13.1. The Morgan fingerprint density at radius 2 is 1.74 bits per heavy atom. The molecule has 1 unspecified atom stereocenters. The van der Waals surface area contributed by atoms with E-state index < -0.39 is 21.3 Å². The summed E-state index contributed by atoms with van der Waals surface area (Å²) in [7, 11) is -4.01. The van der Waals surface area contributed by atoms with Crippen LogP contribution in [-0.2, 0) is 26.7 Å². The largest absolute Gasteiger partial charge is 0.273 e. The van der Waals surface area contributed by atoms with Gasteiger partial charge in [0.2, 0.25) is 5.91 Å². The summed E-state index contributed by atoms with van der Waals surface area (Å²) in [6.07, 6.45) is 1.16. The van der Waals surface area contributed by atoms with Gasteiger partial charge in [0.1, 0.15) is 0 Å². The summed E-state index contributed by atoms with van der Waals surface area (Å²) in [6, 6.07) is 17.7. The van der Waals surface area contributed by atoms with Gasteiger partial charge in [-0.3, -0.25) is 4.79 Å². The average molecular weight is 400 g/mol. The molecule has 0 saturated carbocycles. The van der Waals surface area contributed by atoms with Gasteiger partial charge in [-0.1, -0.05) is 60.1 Å². The molecule has 0 fully saturated rings. The van der Waals surface area contributed by atoms with E-state index in [2.05, 4.69) is 4.72 Å². The maximum Gasteiger partial charge on any atom is 0.264 e. The van der Waals surface area contributed by atoms with Crippen LogP contribution in [-0.4, -0.2) is 14.3 Å². The third-order valence-electron chi connectivity index (χ3n) is 5.36. The third-order valence-corrected chi connectivity index (χ3v) is 7.10. The van der Waals surface area contributed by atoms with Crippen LogP contribution in [0.1, 0.15) is 24.5 Å². The van der Waals surface area contributed by atoms with Gasteiger partial charge in [-0.05, 0) is 48.4 Å². The fourth-order valence-electron chi connectivity index (χ4n) is 3.79. The molecule has 1 amide bonds. The Morgan fingerprint density at radius 3 is 2.56 bits per heavy atom. The van der Waals surface area contributed by atoms with Crippen LogP contribution in [0.3, 0.4) is 0 Å². The van der Waals surface area contributed by atoms with Crippen molar-refractivity contribution in [3.63, 3.8) is 0 Å². The van der Waals surface area contributed by atoms with Crippen LogP contribution < -0.4 is 4.72 Å². The van der Waals surface area contributed by atoms with Crippen molar-refractivity contribution in [2.45, 2.75) is 30.1 Å². The SMILES string of the molecule is CC1(C(=O)NS(=O)(=O)c2cccc3ccccc23)CCc2c(Cl)cccc21. The molecule has 138 valence electrons. The molecule has 1 aliphatic carbocycles. The number of fused-ring (bicyclic) bond motifs is 2. The highest BCUT2D eigenvalue weighted by molar-refractivity contribution is 7.90. The molecule has 0 bridgehead atoms. The van der Waals surface area contributed by atoms with Gasteiger partial charge >= 0.3 is 0 Å². The van der Waals surface area contributed by atoms with Crippen molar-refractivity contribution in [2.75, 3.05) is 0 Å². The molecule has 27 heavy (non-hydrogen) atoms. The summed E-state index contributed by atoms with van der Waals surface area (Å²) in [6.45, 7) is 1.77. The van der Waals surface area contributed by atoms with E-state index in [0.29, 0.717) is 23.3 Å². The number of hydrogen-bond acceptors (Lipinski definition) is 3. The first-order chi connectivity index (χ1) is 12.8. The zero-order valence-electron chi connectivity index (χ0n) is 14.7.